The lowest BCUT2D eigenvalue weighted by molar-refractivity contribution is 0.305. The normalized spacial score (nSPS) is 9.68. The summed E-state index contributed by atoms with van der Waals surface area (Å²) < 4.78 is 10.7. The van der Waals surface area contributed by atoms with Gasteiger partial charge >= 0.3 is 0 Å². The second kappa shape index (κ2) is 5.74. The SMILES string of the molecule is COc1ccc(OCc2ccnc(C#N)c2)cc1N. The number of benzene rings is 1. The molecule has 5 heteroatoms. The average Bonchev–Trinajstić information content (AvgIpc) is 2.45. The van der Waals surface area contributed by atoms with E-state index >= 15 is 0 Å². The van der Waals surface area contributed by atoms with Gasteiger partial charge in [-0.2, -0.15) is 5.26 Å². The van der Waals surface area contributed by atoms with E-state index in [-0.39, 0.29) is 0 Å². The van der Waals surface area contributed by atoms with Crippen LogP contribution in [0.25, 0.3) is 0 Å². The van der Waals surface area contributed by atoms with Crippen LogP contribution >= 0.6 is 0 Å². The Balaban J connectivity index is 2.06. The first-order chi connectivity index (χ1) is 9.22. The number of hydrogen-bond acceptors (Lipinski definition) is 5. The van der Waals surface area contributed by atoms with E-state index in [1.807, 2.05) is 6.07 Å². The number of anilines is 1. The highest BCUT2D eigenvalue weighted by Gasteiger charge is 2.02. The van der Waals surface area contributed by atoms with E-state index in [4.69, 9.17) is 20.5 Å². The summed E-state index contributed by atoms with van der Waals surface area (Å²) >= 11 is 0. The monoisotopic (exact) mass is 255 g/mol. The fourth-order valence-electron chi connectivity index (χ4n) is 1.59. The quantitative estimate of drug-likeness (QED) is 0.846. The van der Waals surface area contributed by atoms with Crippen LogP contribution in [0.5, 0.6) is 11.5 Å². The van der Waals surface area contributed by atoms with Crippen LogP contribution in [0.2, 0.25) is 0 Å². The minimum Gasteiger partial charge on any atom is -0.495 e. The molecule has 0 unspecified atom stereocenters. The van der Waals surface area contributed by atoms with Crippen molar-refractivity contribution in [1.29, 1.82) is 5.26 Å². The van der Waals surface area contributed by atoms with Crippen molar-refractivity contribution in [2.45, 2.75) is 6.61 Å². The topological polar surface area (TPSA) is 81.2 Å². The van der Waals surface area contributed by atoms with E-state index in [0.717, 1.165) is 5.56 Å². The molecule has 1 aromatic carbocycles. The van der Waals surface area contributed by atoms with Gasteiger partial charge in [0.1, 0.15) is 29.9 Å². The predicted molar refractivity (Wildman–Crippen MR) is 70.7 cm³/mol. The van der Waals surface area contributed by atoms with E-state index in [1.54, 1.807) is 43.6 Å². The third-order valence-corrected chi connectivity index (χ3v) is 2.55. The molecule has 0 radical (unpaired) electrons. The van der Waals surface area contributed by atoms with Crippen LogP contribution in [0.4, 0.5) is 5.69 Å². The summed E-state index contributed by atoms with van der Waals surface area (Å²) in [6.07, 6.45) is 1.58. The van der Waals surface area contributed by atoms with Crippen LogP contribution < -0.4 is 15.2 Å². The summed E-state index contributed by atoms with van der Waals surface area (Å²) in [5.74, 6) is 1.26. The highest BCUT2D eigenvalue weighted by Crippen LogP contribution is 2.26. The summed E-state index contributed by atoms with van der Waals surface area (Å²) in [5, 5.41) is 8.76. The zero-order chi connectivity index (χ0) is 13.7. The fourth-order valence-corrected chi connectivity index (χ4v) is 1.59. The summed E-state index contributed by atoms with van der Waals surface area (Å²) in [4.78, 5) is 3.90. The number of hydrogen-bond donors (Lipinski definition) is 1. The largest absolute Gasteiger partial charge is 0.495 e. The van der Waals surface area contributed by atoms with Gasteiger partial charge in [-0.1, -0.05) is 0 Å². The highest BCUT2D eigenvalue weighted by atomic mass is 16.5. The molecule has 0 fully saturated rings. The third-order valence-electron chi connectivity index (χ3n) is 2.55. The van der Waals surface area contributed by atoms with Gasteiger partial charge in [-0.15, -0.1) is 0 Å². The Morgan fingerprint density at radius 1 is 1.32 bits per heavy atom. The van der Waals surface area contributed by atoms with Gasteiger partial charge in [0, 0.05) is 12.3 Å². The van der Waals surface area contributed by atoms with E-state index in [1.165, 1.54) is 0 Å². The second-order valence-electron chi connectivity index (χ2n) is 3.85. The summed E-state index contributed by atoms with van der Waals surface area (Å²) in [5.41, 5.74) is 7.56. The number of nitrogens with zero attached hydrogens (tertiary/aromatic N) is 2. The number of nitrogens with two attached hydrogens (primary N) is 1. The van der Waals surface area contributed by atoms with Gasteiger partial charge in [0.15, 0.2) is 0 Å². The van der Waals surface area contributed by atoms with E-state index in [0.29, 0.717) is 29.5 Å². The number of methoxy groups -OCH3 is 1. The molecular formula is C14H13N3O2. The number of pyridine rings is 1. The fraction of sp³-hybridized carbons (Fsp3) is 0.143. The first kappa shape index (κ1) is 12.7. The van der Waals surface area contributed by atoms with Crippen molar-refractivity contribution < 1.29 is 9.47 Å². The maximum Gasteiger partial charge on any atom is 0.142 e. The Bertz CT molecular complexity index is 620. The Morgan fingerprint density at radius 3 is 2.84 bits per heavy atom. The molecule has 0 aliphatic carbocycles. The van der Waals surface area contributed by atoms with Crippen LogP contribution in [0, 0.1) is 11.3 Å². The zero-order valence-corrected chi connectivity index (χ0v) is 10.5. The van der Waals surface area contributed by atoms with Crippen LogP contribution in [-0.2, 0) is 6.61 Å². The molecule has 1 aromatic heterocycles. The van der Waals surface area contributed by atoms with Gasteiger partial charge in [0.2, 0.25) is 0 Å². The molecular weight excluding hydrogens is 242 g/mol. The molecule has 0 amide bonds. The van der Waals surface area contributed by atoms with Crippen molar-refractivity contribution in [3.05, 3.63) is 47.8 Å². The first-order valence-corrected chi connectivity index (χ1v) is 5.64. The predicted octanol–water partition coefficient (Wildman–Crippen LogP) is 2.12. The minimum absolute atomic E-state index is 0.350. The number of rotatable bonds is 4. The van der Waals surface area contributed by atoms with Gasteiger partial charge in [-0.25, -0.2) is 4.98 Å². The van der Waals surface area contributed by atoms with E-state index < -0.39 is 0 Å². The molecule has 5 nitrogen and oxygen atoms in total. The molecule has 2 N–H and O–H groups in total. The molecule has 0 aliphatic rings. The molecule has 0 saturated carbocycles. The van der Waals surface area contributed by atoms with Crippen molar-refractivity contribution in [3.63, 3.8) is 0 Å². The van der Waals surface area contributed by atoms with Crippen LogP contribution in [0.15, 0.2) is 36.5 Å². The standard InChI is InChI=1S/C14H13N3O2/c1-18-14-3-2-12(7-13(14)16)19-9-10-4-5-17-11(6-10)8-15/h2-7H,9,16H2,1H3. The second-order valence-corrected chi connectivity index (χ2v) is 3.85. The summed E-state index contributed by atoms with van der Waals surface area (Å²) in [6.45, 7) is 0.350. The zero-order valence-electron chi connectivity index (χ0n) is 10.5. The third kappa shape index (κ3) is 3.13. The van der Waals surface area contributed by atoms with Gasteiger partial charge < -0.3 is 15.2 Å². The van der Waals surface area contributed by atoms with Gasteiger partial charge in [-0.05, 0) is 29.8 Å². The van der Waals surface area contributed by atoms with E-state index in [9.17, 15) is 0 Å². The Morgan fingerprint density at radius 2 is 2.16 bits per heavy atom. The highest BCUT2D eigenvalue weighted by molar-refractivity contribution is 5.56. The number of aromatic nitrogens is 1. The molecule has 96 valence electrons. The molecule has 0 saturated heterocycles. The van der Waals surface area contributed by atoms with Crippen molar-refractivity contribution in [2.24, 2.45) is 0 Å². The molecule has 0 aliphatic heterocycles. The van der Waals surface area contributed by atoms with Crippen molar-refractivity contribution in [2.75, 3.05) is 12.8 Å². The molecule has 2 aromatic rings. The molecule has 0 bridgehead atoms. The Hall–Kier alpha value is -2.74. The molecule has 0 spiro atoms. The maximum atomic E-state index is 8.76. The summed E-state index contributed by atoms with van der Waals surface area (Å²) in [7, 11) is 1.56. The van der Waals surface area contributed by atoms with Crippen molar-refractivity contribution in [1.82, 2.24) is 4.98 Å². The molecule has 0 atom stereocenters. The van der Waals surface area contributed by atoms with Crippen LogP contribution in [-0.4, -0.2) is 12.1 Å². The number of nitriles is 1. The maximum absolute atomic E-state index is 8.76. The lowest BCUT2D eigenvalue weighted by atomic mass is 10.2. The van der Waals surface area contributed by atoms with Crippen molar-refractivity contribution in [3.8, 4) is 17.6 Å². The lowest BCUT2D eigenvalue weighted by Gasteiger charge is -2.09. The number of ether oxygens (including phenoxy) is 2. The molecule has 1 heterocycles. The van der Waals surface area contributed by atoms with Gasteiger partial charge in [0.05, 0.1) is 12.8 Å². The van der Waals surface area contributed by atoms with Crippen molar-refractivity contribution >= 4 is 5.69 Å². The van der Waals surface area contributed by atoms with Crippen LogP contribution in [0.3, 0.4) is 0 Å². The summed E-state index contributed by atoms with van der Waals surface area (Å²) in [6, 6.07) is 10.7. The average molecular weight is 255 g/mol. The molecule has 19 heavy (non-hydrogen) atoms. The Kier molecular flexibility index (Phi) is 3.84. The number of nitrogen functional groups attached to an aromatic ring is 1. The lowest BCUT2D eigenvalue weighted by Crippen LogP contribution is -1.98. The van der Waals surface area contributed by atoms with Gasteiger partial charge in [-0.3, -0.25) is 0 Å². The molecule has 2 rings (SSSR count). The smallest absolute Gasteiger partial charge is 0.142 e. The van der Waals surface area contributed by atoms with Gasteiger partial charge in [0.25, 0.3) is 0 Å². The Labute approximate surface area is 111 Å². The first-order valence-electron chi connectivity index (χ1n) is 5.64. The minimum atomic E-state index is 0.350. The van der Waals surface area contributed by atoms with Crippen LogP contribution in [0.1, 0.15) is 11.3 Å². The van der Waals surface area contributed by atoms with E-state index in [2.05, 4.69) is 4.98 Å².